The van der Waals surface area contributed by atoms with E-state index in [2.05, 4.69) is 20.6 Å². The van der Waals surface area contributed by atoms with Gasteiger partial charge in [-0.25, -0.2) is 4.98 Å². The highest BCUT2D eigenvalue weighted by Crippen LogP contribution is 2.19. The van der Waals surface area contributed by atoms with Crippen LogP contribution in [0.3, 0.4) is 0 Å². The van der Waals surface area contributed by atoms with Crippen LogP contribution in [0.5, 0.6) is 0 Å². The van der Waals surface area contributed by atoms with Crippen LogP contribution in [-0.4, -0.2) is 17.0 Å². The van der Waals surface area contributed by atoms with Crippen LogP contribution in [0.1, 0.15) is 5.56 Å². The zero-order valence-electron chi connectivity index (χ0n) is 9.44. The minimum Gasteiger partial charge on any atom is -0.365 e. The molecule has 88 valence electrons. The van der Waals surface area contributed by atoms with Crippen molar-refractivity contribution in [2.75, 3.05) is 17.7 Å². The smallest absolute Gasteiger partial charge is 0.224 e. The molecule has 0 aliphatic rings. The van der Waals surface area contributed by atoms with Crippen LogP contribution in [0.4, 0.5) is 11.8 Å². The van der Waals surface area contributed by atoms with Crippen LogP contribution in [0.2, 0.25) is 5.02 Å². The zero-order valence-corrected chi connectivity index (χ0v) is 10.2. The van der Waals surface area contributed by atoms with Gasteiger partial charge in [0.15, 0.2) is 5.82 Å². The number of nitrogens with zero attached hydrogens (tertiary/aromatic N) is 2. The first-order chi connectivity index (χ1) is 8.29. The summed E-state index contributed by atoms with van der Waals surface area (Å²) in [4.78, 5) is 8.26. The second-order valence-corrected chi connectivity index (χ2v) is 3.89. The van der Waals surface area contributed by atoms with Crippen LogP contribution in [0.25, 0.3) is 0 Å². The molecule has 2 N–H and O–H groups in total. The van der Waals surface area contributed by atoms with E-state index in [1.807, 2.05) is 30.3 Å². The molecule has 0 saturated carbocycles. The predicted octanol–water partition coefficient (Wildman–Crippen LogP) is 2.78. The highest BCUT2D eigenvalue weighted by molar-refractivity contribution is 6.32. The molecule has 0 unspecified atom stereocenters. The van der Waals surface area contributed by atoms with E-state index < -0.39 is 0 Å². The van der Waals surface area contributed by atoms with Gasteiger partial charge in [-0.3, -0.25) is 0 Å². The molecule has 1 heterocycles. The third kappa shape index (κ3) is 3.07. The fourth-order valence-corrected chi connectivity index (χ4v) is 1.55. The molecule has 0 fully saturated rings. The largest absolute Gasteiger partial charge is 0.365 e. The Morgan fingerprint density at radius 3 is 2.71 bits per heavy atom. The van der Waals surface area contributed by atoms with Gasteiger partial charge in [-0.15, -0.1) is 0 Å². The van der Waals surface area contributed by atoms with Gasteiger partial charge < -0.3 is 10.6 Å². The first-order valence-corrected chi connectivity index (χ1v) is 5.65. The third-order valence-corrected chi connectivity index (χ3v) is 2.55. The van der Waals surface area contributed by atoms with Crippen molar-refractivity contribution in [2.45, 2.75) is 6.54 Å². The Bertz CT molecular complexity index is 487. The van der Waals surface area contributed by atoms with E-state index in [0.29, 0.717) is 23.3 Å². The van der Waals surface area contributed by atoms with Gasteiger partial charge in [0.2, 0.25) is 5.95 Å². The first-order valence-electron chi connectivity index (χ1n) is 5.27. The number of anilines is 2. The standard InChI is InChI=1S/C12H13ClN4/c1-14-12-16-8-10(13)11(17-12)15-7-9-5-3-2-4-6-9/h2-6,8H,7H2,1H3,(H2,14,15,16,17). The Hall–Kier alpha value is -1.81. The molecule has 2 rings (SSSR count). The second-order valence-electron chi connectivity index (χ2n) is 3.48. The maximum atomic E-state index is 6.00. The highest BCUT2D eigenvalue weighted by Gasteiger charge is 2.03. The van der Waals surface area contributed by atoms with Crippen molar-refractivity contribution in [3.8, 4) is 0 Å². The fraction of sp³-hybridized carbons (Fsp3) is 0.167. The van der Waals surface area contributed by atoms with Crippen LogP contribution in [-0.2, 0) is 6.54 Å². The summed E-state index contributed by atoms with van der Waals surface area (Å²) in [5.41, 5.74) is 1.17. The van der Waals surface area contributed by atoms with Gasteiger partial charge in [-0.05, 0) is 5.56 Å². The van der Waals surface area contributed by atoms with Gasteiger partial charge >= 0.3 is 0 Å². The van der Waals surface area contributed by atoms with Gasteiger partial charge in [-0.2, -0.15) is 4.98 Å². The summed E-state index contributed by atoms with van der Waals surface area (Å²) in [5, 5.41) is 6.57. The van der Waals surface area contributed by atoms with E-state index in [9.17, 15) is 0 Å². The lowest BCUT2D eigenvalue weighted by Gasteiger charge is -2.08. The van der Waals surface area contributed by atoms with Gasteiger partial charge in [0, 0.05) is 13.6 Å². The summed E-state index contributed by atoms with van der Waals surface area (Å²) >= 11 is 6.00. The van der Waals surface area contributed by atoms with Crippen LogP contribution < -0.4 is 10.6 Å². The van der Waals surface area contributed by atoms with Crippen molar-refractivity contribution in [1.29, 1.82) is 0 Å². The molecule has 17 heavy (non-hydrogen) atoms. The maximum absolute atomic E-state index is 6.00. The SMILES string of the molecule is CNc1ncc(Cl)c(NCc2ccccc2)n1. The average Bonchev–Trinajstić information content (AvgIpc) is 2.39. The fourth-order valence-electron chi connectivity index (χ4n) is 1.39. The summed E-state index contributed by atoms with van der Waals surface area (Å²) in [6.45, 7) is 0.681. The van der Waals surface area contributed by atoms with Crippen molar-refractivity contribution in [1.82, 2.24) is 9.97 Å². The third-order valence-electron chi connectivity index (χ3n) is 2.27. The number of rotatable bonds is 4. The van der Waals surface area contributed by atoms with E-state index in [1.54, 1.807) is 13.2 Å². The predicted molar refractivity (Wildman–Crippen MR) is 70.4 cm³/mol. The molecule has 4 nitrogen and oxygen atoms in total. The van der Waals surface area contributed by atoms with E-state index in [4.69, 9.17) is 11.6 Å². The van der Waals surface area contributed by atoms with E-state index in [1.165, 1.54) is 5.56 Å². The number of hydrogen-bond donors (Lipinski definition) is 2. The molecule has 0 radical (unpaired) electrons. The summed E-state index contributed by atoms with van der Waals surface area (Å²) in [6, 6.07) is 10.1. The topological polar surface area (TPSA) is 49.8 Å². The molecule has 0 spiro atoms. The molecule has 5 heteroatoms. The quantitative estimate of drug-likeness (QED) is 0.874. The van der Waals surface area contributed by atoms with Crippen molar-refractivity contribution in [3.05, 3.63) is 47.1 Å². The molecule has 0 aliphatic heterocycles. The lowest BCUT2D eigenvalue weighted by Crippen LogP contribution is -2.04. The molecule has 1 aromatic heterocycles. The lowest BCUT2D eigenvalue weighted by atomic mass is 10.2. The Morgan fingerprint density at radius 2 is 2.00 bits per heavy atom. The van der Waals surface area contributed by atoms with Gasteiger partial charge in [-0.1, -0.05) is 41.9 Å². The number of nitrogens with one attached hydrogen (secondary N) is 2. The molecule has 0 saturated heterocycles. The van der Waals surface area contributed by atoms with Gasteiger partial charge in [0.05, 0.1) is 6.20 Å². The van der Waals surface area contributed by atoms with E-state index in [-0.39, 0.29) is 0 Å². The van der Waals surface area contributed by atoms with Gasteiger partial charge in [0.1, 0.15) is 5.02 Å². The number of halogens is 1. The Morgan fingerprint density at radius 1 is 1.24 bits per heavy atom. The molecule has 0 aliphatic carbocycles. The van der Waals surface area contributed by atoms with Crippen molar-refractivity contribution >= 4 is 23.4 Å². The van der Waals surface area contributed by atoms with E-state index >= 15 is 0 Å². The minimum atomic E-state index is 0.514. The number of hydrogen-bond acceptors (Lipinski definition) is 4. The molecular formula is C12H13ClN4. The van der Waals surface area contributed by atoms with E-state index in [0.717, 1.165) is 0 Å². The summed E-state index contributed by atoms with van der Waals surface area (Å²) < 4.78 is 0. The van der Waals surface area contributed by atoms with Crippen LogP contribution >= 0.6 is 11.6 Å². The Labute approximate surface area is 105 Å². The van der Waals surface area contributed by atoms with Crippen molar-refractivity contribution in [3.63, 3.8) is 0 Å². The summed E-state index contributed by atoms with van der Waals surface area (Å²) in [5.74, 6) is 1.18. The Kier molecular flexibility index (Phi) is 3.77. The van der Waals surface area contributed by atoms with Crippen LogP contribution in [0.15, 0.2) is 36.5 Å². The second kappa shape index (κ2) is 5.50. The molecule has 2 aromatic rings. The normalized spacial score (nSPS) is 10.0. The number of aromatic nitrogens is 2. The Balaban J connectivity index is 2.08. The molecular weight excluding hydrogens is 236 g/mol. The molecule has 0 atom stereocenters. The first kappa shape index (κ1) is 11.7. The summed E-state index contributed by atoms with van der Waals surface area (Å²) in [7, 11) is 1.77. The van der Waals surface area contributed by atoms with Crippen LogP contribution in [0, 0.1) is 0 Å². The van der Waals surface area contributed by atoms with Gasteiger partial charge in [0.25, 0.3) is 0 Å². The lowest BCUT2D eigenvalue weighted by molar-refractivity contribution is 1.08. The number of benzene rings is 1. The van der Waals surface area contributed by atoms with Crippen molar-refractivity contribution < 1.29 is 0 Å². The molecule has 1 aromatic carbocycles. The highest BCUT2D eigenvalue weighted by atomic mass is 35.5. The maximum Gasteiger partial charge on any atom is 0.224 e. The average molecular weight is 249 g/mol. The monoisotopic (exact) mass is 248 g/mol. The summed E-state index contributed by atoms with van der Waals surface area (Å²) in [6.07, 6.45) is 1.58. The molecule has 0 bridgehead atoms. The minimum absolute atomic E-state index is 0.514. The van der Waals surface area contributed by atoms with Crippen molar-refractivity contribution in [2.24, 2.45) is 0 Å². The molecule has 0 amide bonds. The zero-order chi connectivity index (χ0) is 12.1.